The monoisotopic (exact) mass is 239 g/mol. The Hall–Kier alpha value is -0.530. The Morgan fingerprint density at radius 2 is 1.75 bits per heavy atom. The van der Waals surface area contributed by atoms with Gasteiger partial charge in [0.15, 0.2) is 0 Å². The van der Waals surface area contributed by atoms with Crippen LogP contribution in [0.3, 0.4) is 0 Å². The van der Waals surface area contributed by atoms with E-state index in [0.717, 1.165) is 0 Å². The smallest absolute Gasteiger partial charge is 1.00 e. The fourth-order valence-corrected chi connectivity index (χ4v) is 2.95. The zero-order valence-corrected chi connectivity index (χ0v) is 11.3. The largest absolute Gasteiger partial charge is 1.00 e. The molecule has 0 aromatic heterocycles. The van der Waals surface area contributed by atoms with E-state index < -0.39 is 0 Å². The van der Waals surface area contributed by atoms with Crippen LogP contribution in [0.15, 0.2) is 24.3 Å². The van der Waals surface area contributed by atoms with Crippen molar-refractivity contribution in [2.75, 3.05) is 0 Å². The molecule has 1 aliphatic rings. The normalized spacial score (nSPS) is 27.5. The van der Waals surface area contributed by atoms with Gasteiger partial charge in [-0.1, -0.05) is 31.2 Å². The first kappa shape index (κ1) is 13.5. The van der Waals surface area contributed by atoms with Gasteiger partial charge in [-0.05, 0) is 44.2 Å². The third-order valence-corrected chi connectivity index (χ3v) is 3.42. The van der Waals surface area contributed by atoms with Crippen molar-refractivity contribution in [3.8, 4) is 0 Å². The third kappa shape index (κ3) is 2.58. The summed E-state index contributed by atoms with van der Waals surface area (Å²) in [5.74, 6) is 0.647. The molecule has 2 atom stereocenters. The minimum Gasteiger partial charge on any atom is -1.00 e. The van der Waals surface area contributed by atoms with E-state index in [0.29, 0.717) is 12.0 Å². The first-order valence-electron chi connectivity index (χ1n) is 5.86. The van der Waals surface area contributed by atoms with Crippen molar-refractivity contribution in [3.05, 3.63) is 35.4 Å². The topological polar surface area (TPSA) is 12.0 Å². The fraction of sp³-hybridized carbons (Fsp3) is 0.571. The summed E-state index contributed by atoms with van der Waals surface area (Å²) in [7, 11) is 0. The van der Waals surface area contributed by atoms with E-state index in [1.807, 2.05) is 0 Å². The van der Waals surface area contributed by atoms with Crippen LogP contribution < -0.4 is 17.7 Å². The van der Waals surface area contributed by atoms with Crippen molar-refractivity contribution in [3.63, 3.8) is 0 Å². The Bertz CT molecular complexity index is 332. The Morgan fingerprint density at radius 3 is 2.38 bits per heavy atom. The first-order valence-corrected chi connectivity index (χ1v) is 5.86. The van der Waals surface area contributed by atoms with E-state index in [4.69, 9.17) is 0 Å². The molecule has 2 rings (SSSR count). The van der Waals surface area contributed by atoms with Crippen molar-refractivity contribution in [1.82, 2.24) is 5.32 Å². The number of fused-ring (bicyclic) bond motifs is 1. The summed E-state index contributed by atoms with van der Waals surface area (Å²) in [5, 5.41) is 3.70. The summed E-state index contributed by atoms with van der Waals surface area (Å²) in [6.45, 7) is 9.19. The van der Waals surface area contributed by atoms with E-state index in [9.17, 15) is 0 Å². The van der Waals surface area contributed by atoms with Gasteiger partial charge in [0.2, 0.25) is 0 Å². The van der Waals surface area contributed by atoms with Gasteiger partial charge in [-0.25, -0.2) is 0 Å². The van der Waals surface area contributed by atoms with E-state index in [1.54, 1.807) is 0 Å². The Balaban J connectivity index is 0.00000128. The van der Waals surface area contributed by atoms with Crippen LogP contribution in [0.4, 0.5) is 0 Å². The number of halogens is 1. The molecule has 2 heteroatoms. The molecular weight excluding hydrogens is 218 g/mol. The van der Waals surface area contributed by atoms with Gasteiger partial charge in [0.25, 0.3) is 0 Å². The molecule has 1 aliphatic heterocycles. The molecular formula is C14H22ClN. The van der Waals surface area contributed by atoms with Crippen molar-refractivity contribution >= 4 is 0 Å². The quantitative estimate of drug-likeness (QED) is 0.704. The Kier molecular flexibility index (Phi) is 4.03. The second kappa shape index (κ2) is 4.77. The van der Waals surface area contributed by atoms with Crippen molar-refractivity contribution in [1.29, 1.82) is 0 Å². The number of hydrogen-bond donors (Lipinski definition) is 1. The van der Waals surface area contributed by atoms with Crippen LogP contribution in [0, 0.1) is 0 Å². The van der Waals surface area contributed by atoms with Gasteiger partial charge in [-0.15, -0.1) is 0 Å². The van der Waals surface area contributed by atoms with Crippen LogP contribution in [-0.4, -0.2) is 5.54 Å². The summed E-state index contributed by atoms with van der Waals surface area (Å²) < 4.78 is 0. The number of benzene rings is 1. The maximum absolute atomic E-state index is 3.70. The molecule has 2 unspecified atom stereocenters. The minimum absolute atomic E-state index is 0. The lowest BCUT2D eigenvalue weighted by atomic mass is 9.87. The highest BCUT2D eigenvalue weighted by Crippen LogP contribution is 2.35. The van der Waals surface area contributed by atoms with Gasteiger partial charge < -0.3 is 17.7 Å². The second-order valence-corrected chi connectivity index (χ2v) is 5.48. The van der Waals surface area contributed by atoms with E-state index in [1.165, 1.54) is 17.5 Å². The predicted octanol–water partition coefficient (Wildman–Crippen LogP) is 0.739. The van der Waals surface area contributed by atoms with Crippen molar-refractivity contribution in [2.24, 2.45) is 0 Å². The summed E-state index contributed by atoms with van der Waals surface area (Å²) >= 11 is 0. The average molecular weight is 240 g/mol. The summed E-state index contributed by atoms with van der Waals surface area (Å²) in [4.78, 5) is 0. The van der Waals surface area contributed by atoms with Crippen LogP contribution in [0.1, 0.15) is 58.6 Å². The average Bonchev–Trinajstić information content (AvgIpc) is 2.23. The lowest BCUT2D eigenvalue weighted by molar-refractivity contribution is -0.00000418. The van der Waals surface area contributed by atoms with Gasteiger partial charge in [0.1, 0.15) is 0 Å². The number of hydrogen-bond acceptors (Lipinski definition) is 1. The van der Waals surface area contributed by atoms with Crippen LogP contribution in [-0.2, 0) is 0 Å². The standard InChI is InChI=1S/C14H21N.ClH/c1-10-9-14(3,4)15-11(2)13-8-6-5-7-12(10)13;/h5-8,10-11,15H,9H2,1-4H3;1H. The molecule has 0 aliphatic carbocycles. The first-order chi connectivity index (χ1) is 6.99. The highest BCUT2D eigenvalue weighted by Gasteiger charge is 2.29. The van der Waals surface area contributed by atoms with E-state index in [2.05, 4.69) is 57.3 Å². The number of rotatable bonds is 0. The van der Waals surface area contributed by atoms with Crippen LogP contribution >= 0.6 is 0 Å². The molecule has 0 radical (unpaired) electrons. The molecule has 1 aromatic carbocycles. The molecule has 0 saturated carbocycles. The minimum atomic E-state index is 0. The van der Waals surface area contributed by atoms with Crippen LogP contribution in [0.25, 0.3) is 0 Å². The molecule has 1 N–H and O–H groups in total. The van der Waals surface area contributed by atoms with Gasteiger partial charge in [-0.3, -0.25) is 0 Å². The molecule has 1 aromatic rings. The highest BCUT2D eigenvalue weighted by atomic mass is 35.5. The summed E-state index contributed by atoms with van der Waals surface area (Å²) in [5.41, 5.74) is 3.22. The molecule has 0 spiro atoms. The molecule has 0 amide bonds. The van der Waals surface area contributed by atoms with E-state index >= 15 is 0 Å². The maximum atomic E-state index is 3.70. The summed E-state index contributed by atoms with van der Waals surface area (Å²) in [6.07, 6.45) is 1.20. The maximum Gasteiger partial charge on any atom is 1.00 e. The molecule has 0 bridgehead atoms. The highest BCUT2D eigenvalue weighted by molar-refractivity contribution is 5.34. The van der Waals surface area contributed by atoms with Crippen molar-refractivity contribution < 1.29 is 13.8 Å². The van der Waals surface area contributed by atoms with Crippen molar-refractivity contribution in [2.45, 2.75) is 51.6 Å². The summed E-state index contributed by atoms with van der Waals surface area (Å²) in [6, 6.07) is 9.29. The third-order valence-electron chi connectivity index (χ3n) is 3.42. The van der Waals surface area contributed by atoms with Gasteiger partial charge >= 0.3 is 1.43 Å². The molecule has 1 heterocycles. The molecule has 90 valence electrons. The van der Waals surface area contributed by atoms with Gasteiger partial charge in [0, 0.05) is 11.6 Å². The fourth-order valence-electron chi connectivity index (χ4n) is 2.95. The molecule has 0 saturated heterocycles. The predicted molar refractivity (Wildman–Crippen MR) is 66.2 cm³/mol. The lowest BCUT2D eigenvalue weighted by Crippen LogP contribution is -3.00. The van der Waals surface area contributed by atoms with Crippen LogP contribution in [0.2, 0.25) is 0 Å². The SMILES string of the molecule is CC1CC(C)(C)NC(C)c2ccccc21.[Cl-].[H+]. The second-order valence-electron chi connectivity index (χ2n) is 5.48. The van der Waals surface area contributed by atoms with Gasteiger partial charge in [-0.2, -0.15) is 0 Å². The van der Waals surface area contributed by atoms with Crippen LogP contribution in [0.5, 0.6) is 0 Å². The zero-order valence-electron chi connectivity index (χ0n) is 11.5. The zero-order chi connectivity index (χ0) is 11.1. The Labute approximate surface area is 107 Å². The van der Waals surface area contributed by atoms with Gasteiger partial charge in [0.05, 0.1) is 0 Å². The van der Waals surface area contributed by atoms with E-state index in [-0.39, 0.29) is 19.4 Å². The molecule has 1 nitrogen and oxygen atoms in total. The molecule has 16 heavy (non-hydrogen) atoms. The lowest BCUT2D eigenvalue weighted by Gasteiger charge is -2.28. The Morgan fingerprint density at radius 1 is 1.19 bits per heavy atom. The number of nitrogens with one attached hydrogen (secondary N) is 1. The molecule has 0 fully saturated rings.